The standard InChI is InChI=1S/C7H11F3N/c8-7(9,10)5-6-3-1-2-4-11-6/h1,6,11H,2-5H2. The van der Waals surface area contributed by atoms with E-state index in [2.05, 4.69) is 5.32 Å². The molecule has 1 N–H and O–H groups in total. The molecule has 1 aliphatic heterocycles. The maximum atomic E-state index is 11.8. The Bertz CT molecular complexity index is 115. The Morgan fingerprint density at radius 2 is 2.18 bits per heavy atom. The van der Waals surface area contributed by atoms with E-state index in [0.717, 1.165) is 6.42 Å². The smallest absolute Gasteiger partial charge is 0.314 e. The number of hydrogen-bond acceptors (Lipinski definition) is 1. The van der Waals surface area contributed by atoms with Gasteiger partial charge in [-0.15, -0.1) is 0 Å². The van der Waals surface area contributed by atoms with Crippen LogP contribution in [0, 0.1) is 6.42 Å². The molecule has 0 bridgehead atoms. The van der Waals surface area contributed by atoms with E-state index in [1.165, 1.54) is 0 Å². The van der Waals surface area contributed by atoms with Crippen LogP contribution in [0.25, 0.3) is 0 Å². The highest BCUT2D eigenvalue weighted by molar-refractivity contribution is 4.83. The van der Waals surface area contributed by atoms with Crippen molar-refractivity contribution >= 4 is 0 Å². The molecule has 0 aromatic rings. The van der Waals surface area contributed by atoms with Gasteiger partial charge in [-0.3, -0.25) is 0 Å². The number of halogens is 3. The third-order valence-corrected chi connectivity index (χ3v) is 1.71. The van der Waals surface area contributed by atoms with E-state index in [-0.39, 0.29) is 6.04 Å². The van der Waals surface area contributed by atoms with Crippen molar-refractivity contribution in [3.8, 4) is 0 Å². The van der Waals surface area contributed by atoms with Gasteiger partial charge in [-0.2, -0.15) is 13.2 Å². The number of piperidine rings is 1. The maximum absolute atomic E-state index is 11.8. The van der Waals surface area contributed by atoms with Crippen LogP contribution in [0.5, 0.6) is 0 Å². The van der Waals surface area contributed by atoms with Gasteiger partial charge in [0.1, 0.15) is 0 Å². The van der Waals surface area contributed by atoms with Crippen molar-refractivity contribution in [3.63, 3.8) is 0 Å². The highest BCUT2D eigenvalue weighted by Crippen LogP contribution is 2.24. The summed E-state index contributed by atoms with van der Waals surface area (Å²) in [5.41, 5.74) is 0. The number of hydrogen-bond donors (Lipinski definition) is 1. The molecule has 1 fully saturated rings. The second kappa shape index (κ2) is 3.43. The Morgan fingerprint density at radius 1 is 1.45 bits per heavy atom. The molecule has 1 unspecified atom stereocenters. The molecule has 65 valence electrons. The zero-order valence-electron chi connectivity index (χ0n) is 6.12. The van der Waals surface area contributed by atoms with Gasteiger partial charge in [-0.1, -0.05) is 0 Å². The summed E-state index contributed by atoms with van der Waals surface area (Å²) in [6.45, 7) is 0.681. The summed E-state index contributed by atoms with van der Waals surface area (Å²) in [6.07, 6.45) is -1.40. The fraction of sp³-hybridized carbons (Fsp3) is 0.857. The largest absolute Gasteiger partial charge is 0.390 e. The van der Waals surface area contributed by atoms with Crippen LogP contribution < -0.4 is 5.32 Å². The van der Waals surface area contributed by atoms with Crippen LogP contribution in [-0.4, -0.2) is 18.8 Å². The molecule has 0 spiro atoms. The minimum absolute atomic E-state index is 0.385. The van der Waals surface area contributed by atoms with Crippen molar-refractivity contribution < 1.29 is 13.2 Å². The van der Waals surface area contributed by atoms with E-state index in [0.29, 0.717) is 13.0 Å². The van der Waals surface area contributed by atoms with Gasteiger partial charge in [0.15, 0.2) is 0 Å². The first-order chi connectivity index (χ1) is 5.08. The molecule has 11 heavy (non-hydrogen) atoms. The zero-order valence-corrected chi connectivity index (χ0v) is 6.12. The number of nitrogens with one attached hydrogen (secondary N) is 1. The predicted octanol–water partition coefficient (Wildman–Crippen LogP) is 1.90. The molecule has 1 nitrogen and oxygen atoms in total. The highest BCUT2D eigenvalue weighted by atomic mass is 19.4. The summed E-state index contributed by atoms with van der Waals surface area (Å²) < 4.78 is 35.4. The third-order valence-electron chi connectivity index (χ3n) is 1.71. The Kier molecular flexibility index (Phi) is 2.76. The Morgan fingerprint density at radius 3 is 2.64 bits per heavy atom. The molecule has 1 rings (SSSR count). The summed E-state index contributed by atoms with van der Waals surface area (Å²) in [6, 6.07) is -0.385. The lowest BCUT2D eigenvalue weighted by Gasteiger charge is -2.23. The van der Waals surface area contributed by atoms with Gasteiger partial charge in [0.2, 0.25) is 0 Å². The van der Waals surface area contributed by atoms with Crippen LogP contribution in [-0.2, 0) is 0 Å². The summed E-state index contributed by atoms with van der Waals surface area (Å²) >= 11 is 0. The minimum atomic E-state index is -4.02. The van der Waals surface area contributed by atoms with E-state index >= 15 is 0 Å². The second-order valence-corrected chi connectivity index (χ2v) is 2.78. The SMILES string of the molecule is FC(F)(F)CC1C[CH]CCN1. The van der Waals surface area contributed by atoms with Crippen LogP contribution in [0.2, 0.25) is 0 Å². The minimum Gasteiger partial charge on any atom is -0.314 e. The van der Waals surface area contributed by atoms with Gasteiger partial charge in [-0.25, -0.2) is 0 Å². The van der Waals surface area contributed by atoms with E-state index in [1.807, 2.05) is 6.42 Å². The van der Waals surface area contributed by atoms with Gasteiger partial charge in [0.05, 0.1) is 6.42 Å². The molecular formula is C7H11F3N. The molecule has 0 amide bonds. The molecular weight excluding hydrogens is 155 g/mol. The molecule has 0 saturated carbocycles. The summed E-state index contributed by atoms with van der Waals surface area (Å²) in [7, 11) is 0. The second-order valence-electron chi connectivity index (χ2n) is 2.78. The Hall–Kier alpha value is -0.250. The monoisotopic (exact) mass is 166 g/mol. The highest BCUT2D eigenvalue weighted by Gasteiger charge is 2.32. The van der Waals surface area contributed by atoms with Crippen LogP contribution in [0.15, 0.2) is 0 Å². The van der Waals surface area contributed by atoms with Gasteiger partial charge in [-0.05, 0) is 25.8 Å². The predicted molar refractivity (Wildman–Crippen MR) is 36.0 cm³/mol. The molecule has 1 atom stereocenters. The van der Waals surface area contributed by atoms with E-state index in [4.69, 9.17) is 0 Å². The van der Waals surface area contributed by atoms with Crippen LogP contribution >= 0.6 is 0 Å². The number of alkyl halides is 3. The van der Waals surface area contributed by atoms with Crippen molar-refractivity contribution in [1.29, 1.82) is 0 Å². The summed E-state index contributed by atoms with van der Waals surface area (Å²) in [4.78, 5) is 0. The molecule has 1 radical (unpaired) electrons. The summed E-state index contributed by atoms with van der Waals surface area (Å²) in [5.74, 6) is 0. The van der Waals surface area contributed by atoms with Gasteiger partial charge in [0, 0.05) is 6.04 Å². The topological polar surface area (TPSA) is 12.0 Å². The van der Waals surface area contributed by atoms with Gasteiger partial charge < -0.3 is 5.32 Å². The fourth-order valence-corrected chi connectivity index (χ4v) is 1.23. The van der Waals surface area contributed by atoms with E-state index in [9.17, 15) is 13.2 Å². The van der Waals surface area contributed by atoms with Crippen molar-refractivity contribution in [3.05, 3.63) is 6.42 Å². The molecule has 0 aliphatic carbocycles. The molecule has 4 heteroatoms. The molecule has 0 aromatic carbocycles. The Balaban J connectivity index is 2.24. The first-order valence-electron chi connectivity index (χ1n) is 3.70. The summed E-state index contributed by atoms with van der Waals surface area (Å²) in [5, 5.41) is 2.82. The molecule has 1 saturated heterocycles. The van der Waals surface area contributed by atoms with Crippen LogP contribution in [0.3, 0.4) is 0 Å². The maximum Gasteiger partial charge on any atom is 0.390 e. The molecule has 1 heterocycles. The molecule has 0 aromatic heterocycles. The van der Waals surface area contributed by atoms with Crippen LogP contribution in [0.4, 0.5) is 13.2 Å². The normalized spacial score (nSPS) is 27.0. The Labute approximate surface area is 64.0 Å². The fourth-order valence-electron chi connectivity index (χ4n) is 1.23. The van der Waals surface area contributed by atoms with Crippen LogP contribution in [0.1, 0.15) is 19.3 Å². The van der Waals surface area contributed by atoms with E-state index < -0.39 is 12.6 Å². The average molecular weight is 166 g/mol. The average Bonchev–Trinajstić information content (AvgIpc) is 1.85. The molecule has 1 aliphatic rings. The lowest BCUT2D eigenvalue weighted by molar-refractivity contribution is -0.140. The van der Waals surface area contributed by atoms with E-state index in [1.54, 1.807) is 0 Å². The lowest BCUT2D eigenvalue weighted by atomic mass is 10.0. The van der Waals surface area contributed by atoms with Crippen molar-refractivity contribution in [2.45, 2.75) is 31.5 Å². The zero-order chi connectivity index (χ0) is 8.32. The van der Waals surface area contributed by atoms with Gasteiger partial charge >= 0.3 is 6.18 Å². The van der Waals surface area contributed by atoms with Crippen molar-refractivity contribution in [2.24, 2.45) is 0 Å². The van der Waals surface area contributed by atoms with Gasteiger partial charge in [0.25, 0.3) is 0 Å². The van der Waals surface area contributed by atoms with Crippen molar-refractivity contribution in [1.82, 2.24) is 5.32 Å². The third kappa shape index (κ3) is 3.60. The quantitative estimate of drug-likeness (QED) is 0.627. The lowest BCUT2D eigenvalue weighted by Crippen LogP contribution is -2.37. The first kappa shape index (κ1) is 8.84. The first-order valence-corrected chi connectivity index (χ1v) is 3.70. The number of rotatable bonds is 1. The van der Waals surface area contributed by atoms with Crippen molar-refractivity contribution in [2.75, 3.05) is 6.54 Å².